The van der Waals surface area contributed by atoms with Crippen LogP contribution in [0.2, 0.25) is 0 Å². The van der Waals surface area contributed by atoms with Gasteiger partial charge in [0.25, 0.3) is 5.91 Å². The molecule has 1 aromatic heterocycles. The molecule has 4 rings (SSSR count). The van der Waals surface area contributed by atoms with Crippen LogP contribution in [0.1, 0.15) is 34.3 Å². The van der Waals surface area contributed by atoms with E-state index < -0.39 is 11.7 Å². The minimum atomic E-state index is -4.59. The maximum Gasteiger partial charge on any atom is 0.417 e. The van der Waals surface area contributed by atoms with Gasteiger partial charge in [-0.25, -0.2) is 0 Å². The van der Waals surface area contributed by atoms with Crippen molar-refractivity contribution in [3.05, 3.63) is 47.3 Å². The highest BCUT2D eigenvalue weighted by Gasteiger charge is 2.49. The van der Waals surface area contributed by atoms with Crippen molar-refractivity contribution in [2.75, 3.05) is 44.8 Å². The molecule has 2 aliphatic rings. The van der Waals surface area contributed by atoms with E-state index in [0.29, 0.717) is 44.0 Å². The molecular weight excluding hydrogens is 435 g/mol. The molecule has 7 nitrogen and oxygen atoms in total. The van der Waals surface area contributed by atoms with Crippen LogP contribution >= 0.6 is 0 Å². The predicted molar refractivity (Wildman–Crippen MR) is 115 cm³/mol. The van der Waals surface area contributed by atoms with Gasteiger partial charge in [-0.1, -0.05) is 0 Å². The highest BCUT2D eigenvalue weighted by molar-refractivity contribution is 5.93. The molecule has 2 fully saturated rings. The highest BCUT2D eigenvalue weighted by atomic mass is 19.4. The third-order valence-electron chi connectivity index (χ3n) is 6.97. The smallest absolute Gasteiger partial charge is 0.384 e. The molecular formula is C23H26F3N5O2. The number of aromatic nitrogens is 2. The normalized spacial score (nSPS) is 20.3. The quantitative estimate of drug-likeness (QED) is 0.699. The van der Waals surface area contributed by atoms with Gasteiger partial charge in [0.2, 0.25) is 0 Å². The van der Waals surface area contributed by atoms with E-state index in [4.69, 9.17) is 10.00 Å². The standard InChI is InChI=1S/C23H26F3N5O2/c1-29-12-17(11-28-29)21(32)30-7-5-22(6-8-30)15-31(13-18(22)14-33-2)19-4-3-16(10-27)20(9-19)23(24,25)26/h3-4,9,11-12,18H,5-8,13-15H2,1-2H3. The fraction of sp³-hybridized carbons (Fsp3) is 0.522. The Bertz CT molecular complexity index is 1070. The van der Waals surface area contributed by atoms with Crippen LogP contribution in [0.4, 0.5) is 18.9 Å². The second-order valence-electron chi connectivity index (χ2n) is 8.93. The number of amides is 1. The van der Waals surface area contributed by atoms with Crippen molar-refractivity contribution >= 4 is 11.6 Å². The summed E-state index contributed by atoms with van der Waals surface area (Å²) in [5, 5.41) is 13.2. The summed E-state index contributed by atoms with van der Waals surface area (Å²) in [6.07, 6.45) is 0.141. The van der Waals surface area contributed by atoms with Crippen LogP contribution in [-0.2, 0) is 18.0 Å². The van der Waals surface area contributed by atoms with Gasteiger partial charge in [-0.2, -0.15) is 23.5 Å². The first-order valence-corrected chi connectivity index (χ1v) is 10.8. The number of ether oxygens (including phenoxy) is 1. The van der Waals surface area contributed by atoms with Gasteiger partial charge in [-0.3, -0.25) is 9.48 Å². The van der Waals surface area contributed by atoms with E-state index in [2.05, 4.69) is 5.10 Å². The first-order chi connectivity index (χ1) is 15.7. The fourth-order valence-corrected chi connectivity index (χ4v) is 5.16. The minimum Gasteiger partial charge on any atom is -0.384 e. The number of piperidine rings is 1. The first-order valence-electron chi connectivity index (χ1n) is 10.8. The summed E-state index contributed by atoms with van der Waals surface area (Å²) in [4.78, 5) is 16.6. The number of benzene rings is 1. The summed E-state index contributed by atoms with van der Waals surface area (Å²) in [6.45, 7) is 2.79. The zero-order chi connectivity index (χ0) is 23.8. The van der Waals surface area contributed by atoms with E-state index in [1.165, 1.54) is 6.07 Å². The predicted octanol–water partition coefficient (Wildman–Crippen LogP) is 3.32. The third-order valence-corrected chi connectivity index (χ3v) is 6.97. The Hall–Kier alpha value is -3.06. The summed E-state index contributed by atoms with van der Waals surface area (Å²) in [7, 11) is 3.39. The molecule has 0 radical (unpaired) electrons. The molecule has 1 unspecified atom stereocenters. The SMILES string of the molecule is COCC1CN(c2ccc(C#N)c(C(F)(F)F)c2)CC12CCN(C(=O)c1cnn(C)c1)CC2. The number of halogens is 3. The first kappa shape index (κ1) is 23.1. The maximum absolute atomic E-state index is 13.5. The molecule has 0 bridgehead atoms. The van der Waals surface area contributed by atoms with Crippen molar-refractivity contribution in [3.63, 3.8) is 0 Å². The number of nitriles is 1. The van der Waals surface area contributed by atoms with E-state index in [1.54, 1.807) is 43.4 Å². The zero-order valence-corrected chi connectivity index (χ0v) is 18.6. The number of rotatable bonds is 4. The molecule has 2 saturated heterocycles. The molecule has 1 amide bonds. The second kappa shape index (κ2) is 8.71. The van der Waals surface area contributed by atoms with E-state index in [9.17, 15) is 18.0 Å². The third kappa shape index (κ3) is 4.42. The fourth-order valence-electron chi connectivity index (χ4n) is 5.16. The van der Waals surface area contributed by atoms with Crippen LogP contribution in [0.5, 0.6) is 0 Å². The lowest BCUT2D eigenvalue weighted by Crippen LogP contribution is -2.47. The number of methoxy groups -OCH3 is 1. The molecule has 3 heterocycles. The molecule has 1 spiro atoms. The average Bonchev–Trinajstić information content (AvgIpc) is 3.37. The van der Waals surface area contributed by atoms with Gasteiger partial charge in [0.1, 0.15) is 0 Å². The molecule has 0 N–H and O–H groups in total. The van der Waals surface area contributed by atoms with Gasteiger partial charge in [-0.05, 0) is 36.5 Å². The van der Waals surface area contributed by atoms with Crippen LogP contribution < -0.4 is 4.90 Å². The number of carbonyl (C=O) groups is 1. The summed E-state index contributed by atoms with van der Waals surface area (Å²) in [5.74, 6) is 0.0705. The van der Waals surface area contributed by atoms with Gasteiger partial charge < -0.3 is 14.5 Å². The molecule has 2 aliphatic heterocycles. The van der Waals surface area contributed by atoms with E-state index >= 15 is 0 Å². The van der Waals surface area contributed by atoms with Crippen LogP contribution in [0.15, 0.2) is 30.6 Å². The summed E-state index contributed by atoms with van der Waals surface area (Å²) in [6, 6.07) is 5.53. The number of aryl methyl sites for hydroxylation is 1. The number of likely N-dealkylation sites (tertiary alicyclic amines) is 1. The van der Waals surface area contributed by atoms with Gasteiger partial charge in [0.15, 0.2) is 0 Å². The van der Waals surface area contributed by atoms with E-state index in [1.807, 2.05) is 9.80 Å². The topological polar surface area (TPSA) is 74.4 Å². The van der Waals surface area contributed by atoms with Crippen LogP contribution in [0.25, 0.3) is 0 Å². The molecule has 1 aromatic carbocycles. The number of hydrogen-bond donors (Lipinski definition) is 0. The molecule has 33 heavy (non-hydrogen) atoms. The van der Waals surface area contributed by atoms with Gasteiger partial charge >= 0.3 is 6.18 Å². The largest absolute Gasteiger partial charge is 0.417 e. The average molecular weight is 461 g/mol. The van der Waals surface area contributed by atoms with Gasteiger partial charge in [0, 0.05) is 58.1 Å². The molecule has 0 aliphatic carbocycles. The molecule has 1 atom stereocenters. The molecule has 0 saturated carbocycles. The van der Waals surface area contributed by atoms with Gasteiger partial charge in [0.05, 0.1) is 35.6 Å². The highest BCUT2D eigenvalue weighted by Crippen LogP contribution is 2.47. The summed E-state index contributed by atoms with van der Waals surface area (Å²) >= 11 is 0. The Kier molecular flexibility index (Phi) is 6.10. The van der Waals surface area contributed by atoms with Crippen LogP contribution in [0, 0.1) is 22.7 Å². The van der Waals surface area contributed by atoms with Crippen LogP contribution in [-0.4, -0.2) is 60.5 Å². The molecule has 10 heteroatoms. The number of carbonyl (C=O) groups excluding carboxylic acids is 1. The number of anilines is 1. The zero-order valence-electron chi connectivity index (χ0n) is 18.6. The molecule has 176 valence electrons. The summed E-state index contributed by atoms with van der Waals surface area (Å²) in [5.41, 5.74) is -0.451. The van der Waals surface area contributed by atoms with Crippen molar-refractivity contribution in [2.45, 2.75) is 19.0 Å². The number of alkyl halides is 3. The minimum absolute atomic E-state index is 0.0574. The Morgan fingerprint density at radius 2 is 2.06 bits per heavy atom. The lowest BCUT2D eigenvalue weighted by molar-refractivity contribution is -0.137. The van der Waals surface area contributed by atoms with Crippen molar-refractivity contribution in [1.29, 1.82) is 5.26 Å². The van der Waals surface area contributed by atoms with E-state index in [-0.39, 0.29) is 22.8 Å². The Morgan fingerprint density at radius 1 is 1.33 bits per heavy atom. The number of hydrogen-bond acceptors (Lipinski definition) is 5. The van der Waals surface area contributed by atoms with Crippen molar-refractivity contribution in [1.82, 2.24) is 14.7 Å². The van der Waals surface area contributed by atoms with Gasteiger partial charge in [-0.15, -0.1) is 0 Å². The lowest BCUT2D eigenvalue weighted by atomic mass is 9.71. The number of nitrogens with zero attached hydrogens (tertiary/aromatic N) is 5. The van der Waals surface area contributed by atoms with E-state index in [0.717, 1.165) is 18.9 Å². The molecule has 2 aromatic rings. The Labute approximate surface area is 190 Å². The second-order valence-corrected chi connectivity index (χ2v) is 8.93. The summed E-state index contributed by atoms with van der Waals surface area (Å²) < 4.78 is 47.5. The Morgan fingerprint density at radius 3 is 2.64 bits per heavy atom. The van der Waals surface area contributed by atoms with Crippen molar-refractivity contribution < 1.29 is 22.7 Å². The van der Waals surface area contributed by atoms with Crippen molar-refractivity contribution in [3.8, 4) is 6.07 Å². The monoisotopic (exact) mass is 461 g/mol. The maximum atomic E-state index is 13.5. The van der Waals surface area contributed by atoms with Crippen molar-refractivity contribution in [2.24, 2.45) is 18.4 Å². The Balaban J connectivity index is 1.53. The van der Waals surface area contributed by atoms with Crippen LogP contribution in [0.3, 0.4) is 0 Å². The lowest BCUT2D eigenvalue weighted by Gasteiger charge is -2.42.